The lowest BCUT2D eigenvalue weighted by Crippen LogP contribution is -2.46. The van der Waals surface area contributed by atoms with E-state index in [1.54, 1.807) is 6.92 Å². The number of hydrogen-bond donors (Lipinski definition) is 2. The number of benzene rings is 1. The lowest BCUT2D eigenvalue weighted by atomic mass is 9.91. The molecule has 1 amide bonds. The van der Waals surface area contributed by atoms with Gasteiger partial charge in [0.1, 0.15) is 11.5 Å². The summed E-state index contributed by atoms with van der Waals surface area (Å²) in [7, 11) is 0. The minimum atomic E-state index is -1.38. The number of hydrogen-bond acceptors (Lipinski definition) is 4. The Morgan fingerprint density at radius 1 is 1.41 bits per heavy atom. The average Bonchev–Trinajstić information content (AvgIpc) is 2.65. The zero-order valence-corrected chi connectivity index (χ0v) is 16.2. The standard InChI is InChI=1S/C20H18ClFN2O5/c1-3-6-23-16(20(28)29)12-7-10(2)24(18(26)15(12)17(25)19(23)27)9-11-4-5-14(22)13(21)8-11/h3-5,8,10,25H,1,6-7,9H2,2H3,(H,28,29). The molecule has 152 valence electrons. The van der Waals surface area contributed by atoms with E-state index in [1.165, 1.54) is 29.2 Å². The molecule has 2 heterocycles. The van der Waals surface area contributed by atoms with Crippen LogP contribution in [0.3, 0.4) is 0 Å². The van der Waals surface area contributed by atoms with Gasteiger partial charge in [-0.25, -0.2) is 9.18 Å². The molecule has 0 spiro atoms. The van der Waals surface area contributed by atoms with Crippen LogP contribution in [0.1, 0.15) is 38.9 Å². The Balaban J connectivity index is 2.13. The highest BCUT2D eigenvalue weighted by molar-refractivity contribution is 6.30. The maximum absolute atomic E-state index is 13.4. The van der Waals surface area contributed by atoms with Crippen molar-refractivity contribution >= 4 is 23.5 Å². The van der Waals surface area contributed by atoms with Crippen molar-refractivity contribution in [2.75, 3.05) is 0 Å². The molecule has 0 fully saturated rings. The summed E-state index contributed by atoms with van der Waals surface area (Å²) >= 11 is 5.80. The number of aromatic nitrogens is 1. The van der Waals surface area contributed by atoms with Gasteiger partial charge in [0.25, 0.3) is 11.5 Å². The van der Waals surface area contributed by atoms with Gasteiger partial charge in [0, 0.05) is 24.7 Å². The number of pyridine rings is 1. The minimum absolute atomic E-state index is 0.0526. The molecule has 7 nitrogen and oxygen atoms in total. The highest BCUT2D eigenvalue weighted by atomic mass is 35.5. The van der Waals surface area contributed by atoms with Crippen LogP contribution in [0.5, 0.6) is 5.75 Å². The van der Waals surface area contributed by atoms with Gasteiger partial charge < -0.3 is 15.1 Å². The summed E-state index contributed by atoms with van der Waals surface area (Å²) in [6.07, 6.45) is 1.45. The zero-order chi connectivity index (χ0) is 21.5. The zero-order valence-electron chi connectivity index (χ0n) is 15.5. The predicted octanol–water partition coefficient (Wildman–Crippen LogP) is 2.82. The molecule has 1 aromatic heterocycles. The van der Waals surface area contributed by atoms with Crippen LogP contribution >= 0.6 is 11.6 Å². The number of carboxylic acid groups (broad SMARTS) is 1. The Labute approximate surface area is 170 Å². The van der Waals surface area contributed by atoms with E-state index in [2.05, 4.69) is 6.58 Å². The van der Waals surface area contributed by atoms with Gasteiger partial charge in [0.15, 0.2) is 5.75 Å². The summed E-state index contributed by atoms with van der Waals surface area (Å²) in [6.45, 7) is 5.14. The summed E-state index contributed by atoms with van der Waals surface area (Å²) in [4.78, 5) is 38.8. The minimum Gasteiger partial charge on any atom is -0.502 e. The molecule has 9 heteroatoms. The van der Waals surface area contributed by atoms with E-state index < -0.39 is 35.0 Å². The van der Waals surface area contributed by atoms with Crippen molar-refractivity contribution in [3.63, 3.8) is 0 Å². The Kier molecular flexibility index (Phi) is 5.48. The van der Waals surface area contributed by atoms with E-state index in [0.29, 0.717) is 5.56 Å². The summed E-state index contributed by atoms with van der Waals surface area (Å²) in [6, 6.07) is 3.60. The Hall–Kier alpha value is -3.13. The van der Waals surface area contributed by atoms with Crippen LogP contribution in [-0.2, 0) is 19.5 Å². The Morgan fingerprint density at radius 3 is 2.69 bits per heavy atom. The van der Waals surface area contributed by atoms with Gasteiger partial charge in [-0.1, -0.05) is 23.7 Å². The van der Waals surface area contributed by atoms with Crippen molar-refractivity contribution < 1.29 is 24.2 Å². The molecule has 0 saturated heterocycles. The van der Waals surface area contributed by atoms with Gasteiger partial charge in [-0.05, 0) is 31.0 Å². The van der Waals surface area contributed by atoms with E-state index >= 15 is 0 Å². The van der Waals surface area contributed by atoms with Crippen molar-refractivity contribution in [3.8, 4) is 5.75 Å². The molecule has 2 aromatic rings. The largest absolute Gasteiger partial charge is 0.502 e. The molecular formula is C20H18ClFN2O5. The monoisotopic (exact) mass is 420 g/mol. The normalized spacial score (nSPS) is 15.9. The molecule has 0 saturated carbocycles. The average molecular weight is 421 g/mol. The van der Waals surface area contributed by atoms with Crippen LogP contribution in [0, 0.1) is 5.82 Å². The number of aromatic hydroxyl groups is 1. The number of carboxylic acids is 1. The highest BCUT2D eigenvalue weighted by Gasteiger charge is 2.37. The fourth-order valence-corrected chi connectivity index (χ4v) is 3.75. The molecule has 0 bridgehead atoms. The summed E-state index contributed by atoms with van der Waals surface area (Å²) in [5.74, 6) is -3.45. The second-order valence-electron chi connectivity index (χ2n) is 6.80. The number of fused-ring (bicyclic) bond motifs is 1. The molecule has 0 aliphatic carbocycles. The number of amides is 1. The molecule has 1 atom stereocenters. The van der Waals surface area contributed by atoms with Gasteiger partial charge in [-0.3, -0.25) is 14.2 Å². The van der Waals surface area contributed by atoms with Crippen molar-refractivity contribution in [1.82, 2.24) is 9.47 Å². The lowest BCUT2D eigenvalue weighted by Gasteiger charge is -2.36. The molecule has 29 heavy (non-hydrogen) atoms. The third-order valence-electron chi connectivity index (χ3n) is 4.90. The molecule has 2 N–H and O–H groups in total. The Morgan fingerprint density at radius 2 is 2.10 bits per heavy atom. The van der Waals surface area contributed by atoms with Crippen LogP contribution in [-0.4, -0.2) is 37.6 Å². The van der Waals surface area contributed by atoms with E-state index in [0.717, 1.165) is 4.57 Å². The van der Waals surface area contributed by atoms with Gasteiger partial charge >= 0.3 is 5.97 Å². The van der Waals surface area contributed by atoms with Crippen LogP contribution in [0.15, 0.2) is 35.6 Å². The SMILES string of the molecule is C=CCn1c(C(=O)O)c2c(c(O)c1=O)C(=O)N(Cc1ccc(F)c(Cl)c1)C(C)C2. The maximum atomic E-state index is 13.4. The topological polar surface area (TPSA) is 99.8 Å². The third-order valence-corrected chi connectivity index (χ3v) is 5.19. The fraction of sp³-hybridized carbons (Fsp3) is 0.250. The van der Waals surface area contributed by atoms with Gasteiger partial charge in [0.2, 0.25) is 0 Å². The molecule has 1 aliphatic rings. The first-order chi connectivity index (χ1) is 13.7. The lowest BCUT2D eigenvalue weighted by molar-refractivity contribution is 0.0636. The van der Waals surface area contributed by atoms with Gasteiger partial charge in [0.05, 0.1) is 10.6 Å². The molecular weight excluding hydrogens is 403 g/mol. The third kappa shape index (κ3) is 3.51. The number of nitrogens with zero attached hydrogens (tertiary/aromatic N) is 2. The smallest absolute Gasteiger partial charge is 0.352 e. The number of aromatic carboxylic acids is 1. The second-order valence-corrected chi connectivity index (χ2v) is 7.20. The molecule has 1 aromatic carbocycles. The van der Waals surface area contributed by atoms with Crippen molar-refractivity contribution in [2.45, 2.75) is 32.5 Å². The van der Waals surface area contributed by atoms with Crippen LogP contribution in [0.2, 0.25) is 5.02 Å². The number of rotatable bonds is 5. The van der Waals surface area contributed by atoms with Crippen LogP contribution in [0.25, 0.3) is 0 Å². The second kappa shape index (κ2) is 7.71. The number of carbonyl (C=O) groups excluding carboxylic acids is 1. The van der Waals surface area contributed by atoms with Crippen LogP contribution in [0.4, 0.5) is 4.39 Å². The van der Waals surface area contributed by atoms with Crippen molar-refractivity contribution in [1.29, 1.82) is 0 Å². The number of carbonyl (C=O) groups is 2. The molecule has 1 aliphatic heterocycles. The van der Waals surface area contributed by atoms with Crippen molar-refractivity contribution in [2.24, 2.45) is 0 Å². The molecule has 1 unspecified atom stereocenters. The summed E-state index contributed by atoms with van der Waals surface area (Å²) in [5, 5.41) is 19.9. The summed E-state index contributed by atoms with van der Waals surface area (Å²) in [5.41, 5.74) is -0.986. The van der Waals surface area contributed by atoms with E-state index in [-0.39, 0.29) is 41.4 Å². The van der Waals surface area contributed by atoms with E-state index in [9.17, 15) is 29.0 Å². The van der Waals surface area contributed by atoms with Gasteiger partial charge in [-0.2, -0.15) is 0 Å². The number of halogens is 2. The molecule has 3 rings (SSSR count). The van der Waals surface area contributed by atoms with E-state index in [4.69, 9.17) is 11.6 Å². The fourth-order valence-electron chi connectivity index (χ4n) is 3.55. The Bertz CT molecular complexity index is 1100. The van der Waals surface area contributed by atoms with Crippen molar-refractivity contribution in [3.05, 3.63) is 74.4 Å². The first kappa shape index (κ1) is 20.6. The number of allylic oxidation sites excluding steroid dienone is 1. The van der Waals surface area contributed by atoms with Crippen LogP contribution < -0.4 is 5.56 Å². The predicted molar refractivity (Wildman–Crippen MR) is 104 cm³/mol. The van der Waals surface area contributed by atoms with E-state index in [1.807, 2.05) is 0 Å². The van der Waals surface area contributed by atoms with Gasteiger partial charge in [-0.15, -0.1) is 6.58 Å². The quantitative estimate of drug-likeness (QED) is 0.724. The summed E-state index contributed by atoms with van der Waals surface area (Å²) < 4.78 is 14.3. The first-order valence-electron chi connectivity index (χ1n) is 8.75. The first-order valence-corrected chi connectivity index (χ1v) is 9.12. The maximum Gasteiger partial charge on any atom is 0.352 e. The molecule has 0 radical (unpaired) electrons. The highest BCUT2D eigenvalue weighted by Crippen LogP contribution is 2.32.